The highest BCUT2D eigenvalue weighted by molar-refractivity contribution is 5.55. The summed E-state index contributed by atoms with van der Waals surface area (Å²) in [6.07, 6.45) is 1.65. The Morgan fingerprint density at radius 1 is 1.32 bits per heavy atom. The van der Waals surface area contributed by atoms with E-state index in [1.165, 1.54) is 0 Å². The van der Waals surface area contributed by atoms with Gasteiger partial charge in [-0.3, -0.25) is 5.10 Å². The molecule has 3 aromatic heterocycles. The summed E-state index contributed by atoms with van der Waals surface area (Å²) in [5.74, 6) is 1.56. The summed E-state index contributed by atoms with van der Waals surface area (Å²) in [5, 5.41) is 11.2. The molecule has 0 saturated heterocycles. The number of nitrogens with one attached hydrogen (secondary N) is 1. The van der Waals surface area contributed by atoms with Gasteiger partial charge in [0.25, 0.3) is 0 Å². The quantitative estimate of drug-likeness (QED) is 0.796. The van der Waals surface area contributed by atoms with Crippen LogP contribution in [0.3, 0.4) is 0 Å². The molecule has 0 radical (unpaired) electrons. The monoisotopic (exact) mass is 299 g/mol. The maximum absolute atomic E-state index is 5.42. The van der Waals surface area contributed by atoms with Gasteiger partial charge in [-0.2, -0.15) is 10.1 Å². The Kier molecular flexibility index (Phi) is 3.62. The van der Waals surface area contributed by atoms with E-state index >= 15 is 0 Å². The Labute approximate surface area is 127 Å². The van der Waals surface area contributed by atoms with Crippen molar-refractivity contribution >= 4 is 0 Å². The van der Waals surface area contributed by atoms with Crippen molar-refractivity contribution < 1.29 is 9.26 Å². The second kappa shape index (κ2) is 5.59. The number of aromatic nitrogens is 5. The lowest BCUT2D eigenvalue weighted by Crippen LogP contribution is -1.99. The molecular weight excluding hydrogens is 282 g/mol. The lowest BCUT2D eigenvalue weighted by Gasteiger charge is -2.06. The maximum Gasteiger partial charge on any atom is 0.234 e. The van der Waals surface area contributed by atoms with Gasteiger partial charge in [-0.25, -0.2) is 4.98 Å². The van der Waals surface area contributed by atoms with Gasteiger partial charge in [0.1, 0.15) is 0 Å². The predicted octanol–water partition coefficient (Wildman–Crippen LogP) is 2.63. The summed E-state index contributed by atoms with van der Waals surface area (Å²) in [5.41, 5.74) is 3.84. The molecule has 0 spiro atoms. The summed E-state index contributed by atoms with van der Waals surface area (Å²) >= 11 is 0. The van der Waals surface area contributed by atoms with Gasteiger partial charge in [0.05, 0.1) is 18.7 Å². The van der Waals surface area contributed by atoms with Crippen LogP contribution in [-0.4, -0.2) is 32.4 Å². The third-order valence-corrected chi connectivity index (χ3v) is 3.63. The molecule has 22 heavy (non-hydrogen) atoms. The first kappa shape index (κ1) is 14.2. The SMILES string of the molecule is COc1cc(-c2noc([C@@H](C)c3c(C)n[nH]c3C)n2)ccn1. The van der Waals surface area contributed by atoms with E-state index in [1.807, 2.05) is 26.8 Å². The van der Waals surface area contributed by atoms with Crippen molar-refractivity contribution in [1.29, 1.82) is 0 Å². The number of ether oxygens (including phenoxy) is 1. The standard InChI is InChI=1S/C15H17N5O2/c1-8(13-9(2)18-19-10(13)3)15-17-14(20-22-15)11-5-6-16-12(7-11)21-4/h5-8H,1-4H3,(H,18,19)/t8-/m0/s1. The van der Waals surface area contributed by atoms with Gasteiger partial charge in [-0.15, -0.1) is 0 Å². The van der Waals surface area contributed by atoms with Crippen molar-refractivity contribution in [3.63, 3.8) is 0 Å². The molecule has 1 atom stereocenters. The van der Waals surface area contributed by atoms with Crippen LogP contribution in [0.5, 0.6) is 5.88 Å². The summed E-state index contributed by atoms with van der Waals surface area (Å²) < 4.78 is 10.5. The highest BCUT2D eigenvalue weighted by atomic mass is 16.5. The molecule has 3 rings (SSSR count). The molecule has 0 aliphatic heterocycles. The minimum atomic E-state index is -0.0243. The molecule has 7 heteroatoms. The fourth-order valence-corrected chi connectivity index (χ4v) is 2.51. The van der Waals surface area contributed by atoms with Gasteiger partial charge < -0.3 is 9.26 Å². The molecule has 0 saturated carbocycles. The summed E-state index contributed by atoms with van der Waals surface area (Å²) in [7, 11) is 1.57. The summed E-state index contributed by atoms with van der Waals surface area (Å²) in [6.45, 7) is 5.96. The molecule has 0 aromatic carbocycles. The zero-order chi connectivity index (χ0) is 15.7. The minimum Gasteiger partial charge on any atom is -0.481 e. The third kappa shape index (κ3) is 2.45. The van der Waals surface area contributed by atoms with Gasteiger partial charge in [-0.05, 0) is 26.8 Å². The van der Waals surface area contributed by atoms with E-state index in [0.717, 1.165) is 22.5 Å². The normalized spacial score (nSPS) is 12.4. The topological polar surface area (TPSA) is 89.7 Å². The van der Waals surface area contributed by atoms with E-state index in [2.05, 4.69) is 25.3 Å². The molecule has 1 N–H and O–H groups in total. The zero-order valence-electron chi connectivity index (χ0n) is 12.9. The molecule has 3 aromatic rings. The average Bonchev–Trinajstić information content (AvgIpc) is 3.14. The summed E-state index contributed by atoms with van der Waals surface area (Å²) in [4.78, 5) is 8.56. The number of rotatable bonds is 4. The molecule has 0 unspecified atom stereocenters. The molecule has 114 valence electrons. The van der Waals surface area contributed by atoms with Crippen LogP contribution in [0.4, 0.5) is 0 Å². The Morgan fingerprint density at radius 3 is 2.82 bits per heavy atom. The van der Waals surface area contributed by atoms with E-state index in [9.17, 15) is 0 Å². The molecular formula is C15H17N5O2. The molecule has 0 aliphatic carbocycles. The molecule has 0 fully saturated rings. The first-order valence-electron chi connectivity index (χ1n) is 6.95. The molecule has 7 nitrogen and oxygen atoms in total. The Bertz CT molecular complexity index is 773. The molecule has 0 bridgehead atoms. The van der Waals surface area contributed by atoms with Crippen molar-refractivity contribution in [3.05, 3.63) is 41.2 Å². The lowest BCUT2D eigenvalue weighted by molar-refractivity contribution is 0.370. The van der Waals surface area contributed by atoms with E-state index in [0.29, 0.717) is 17.6 Å². The largest absolute Gasteiger partial charge is 0.481 e. The highest BCUT2D eigenvalue weighted by Gasteiger charge is 2.22. The predicted molar refractivity (Wildman–Crippen MR) is 79.7 cm³/mol. The smallest absolute Gasteiger partial charge is 0.234 e. The van der Waals surface area contributed by atoms with Crippen molar-refractivity contribution in [1.82, 2.24) is 25.3 Å². The van der Waals surface area contributed by atoms with Crippen molar-refractivity contribution in [2.75, 3.05) is 7.11 Å². The van der Waals surface area contributed by atoms with Crippen molar-refractivity contribution in [2.45, 2.75) is 26.7 Å². The highest BCUT2D eigenvalue weighted by Crippen LogP contribution is 2.29. The first-order chi connectivity index (χ1) is 10.6. The Hall–Kier alpha value is -2.70. The molecule has 0 amide bonds. The van der Waals surface area contributed by atoms with Gasteiger partial charge in [0.15, 0.2) is 0 Å². The van der Waals surface area contributed by atoms with Crippen LogP contribution >= 0.6 is 0 Å². The van der Waals surface area contributed by atoms with Crippen LogP contribution in [0.25, 0.3) is 11.4 Å². The van der Waals surface area contributed by atoms with Crippen LogP contribution in [-0.2, 0) is 0 Å². The van der Waals surface area contributed by atoms with Crippen LogP contribution in [0.1, 0.15) is 35.7 Å². The number of nitrogens with zero attached hydrogens (tertiary/aromatic N) is 4. The molecule has 0 aliphatic rings. The summed E-state index contributed by atoms with van der Waals surface area (Å²) in [6, 6.07) is 3.59. The number of H-pyrrole nitrogens is 1. The van der Waals surface area contributed by atoms with Gasteiger partial charge in [-0.1, -0.05) is 5.16 Å². The Balaban J connectivity index is 1.93. The van der Waals surface area contributed by atoms with Crippen LogP contribution in [0.2, 0.25) is 0 Å². The minimum absolute atomic E-state index is 0.0243. The van der Waals surface area contributed by atoms with Crippen LogP contribution in [0.15, 0.2) is 22.9 Å². The number of pyridine rings is 1. The van der Waals surface area contributed by atoms with Crippen molar-refractivity contribution in [3.8, 4) is 17.3 Å². The molecule has 3 heterocycles. The number of methoxy groups -OCH3 is 1. The third-order valence-electron chi connectivity index (χ3n) is 3.63. The fraction of sp³-hybridized carbons (Fsp3) is 0.333. The van der Waals surface area contributed by atoms with Gasteiger partial charge >= 0.3 is 0 Å². The average molecular weight is 299 g/mol. The van der Waals surface area contributed by atoms with Crippen molar-refractivity contribution in [2.24, 2.45) is 0 Å². The lowest BCUT2D eigenvalue weighted by atomic mass is 9.99. The van der Waals surface area contributed by atoms with E-state index < -0.39 is 0 Å². The maximum atomic E-state index is 5.42. The van der Waals surface area contributed by atoms with Gasteiger partial charge in [0.2, 0.25) is 17.6 Å². The van der Waals surface area contributed by atoms with E-state index in [-0.39, 0.29) is 5.92 Å². The number of aryl methyl sites for hydroxylation is 2. The number of hydrogen-bond acceptors (Lipinski definition) is 6. The zero-order valence-corrected chi connectivity index (χ0v) is 12.9. The van der Waals surface area contributed by atoms with Gasteiger partial charge in [0, 0.05) is 29.1 Å². The number of aromatic amines is 1. The van der Waals surface area contributed by atoms with Crippen LogP contribution in [0, 0.1) is 13.8 Å². The van der Waals surface area contributed by atoms with E-state index in [4.69, 9.17) is 9.26 Å². The Morgan fingerprint density at radius 2 is 2.14 bits per heavy atom. The second-order valence-corrected chi connectivity index (χ2v) is 5.11. The van der Waals surface area contributed by atoms with E-state index in [1.54, 1.807) is 19.4 Å². The second-order valence-electron chi connectivity index (χ2n) is 5.11. The first-order valence-corrected chi connectivity index (χ1v) is 6.95. The van der Waals surface area contributed by atoms with Crippen LogP contribution < -0.4 is 4.74 Å². The number of hydrogen-bond donors (Lipinski definition) is 1. The fourth-order valence-electron chi connectivity index (χ4n) is 2.51.